The van der Waals surface area contributed by atoms with Crippen LogP contribution < -0.4 is 15.1 Å². The van der Waals surface area contributed by atoms with Crippen LogP contribution in [-0.4, -0.2) is 44.5 Å². The summed E-state index contributed by atoms with van der Waals surface area (Å²) in [6.07, 6.45) is 3.23. The lowest BCUT2D eigenvalue weighted by molar-refractivity contribution is -0.168. The Morgan fingerprint density at radius 3 is 2.10 bits per heavy atom. The zero-order chi connectivity index (χ0) is 38.0. The van der Waals surface area contributed by atoms with Gasteiger partial charge in [0.25, 0.3) is 8.32 Å². The molecule has 6 nitrogen and oxygen atoms in total. The van der Waals surface area contributed by atoms with Crippen LogP contribution in [0.15, 0.2) is 83.8 Å². The Morgan fingerprint density at radius 1 is 0.962 bits per heavy atom. The molecular formula is C45H62O6Si. The van der Waals surface area contributed by atoms with Gasteiger partial charge in [0, 0.05) is 40.9 Å². The molecule has 1 aromatic heterocycles. The second-order valence-electron chi connectivity index (χ2n) is 16.6. The number of ether oxygens (including phenoxy) is 2. The highest BCUT2D eigenvalue weighted by atomic mass is 28.4. The third-order valence-corrected chi connectivity index (χ3v) is 16.7. The number of phenolic OH excluding ortho intramolecular Hbond substituents is 1. The van der Waals surface area contributed by atoms with Crippen LogP contribution in [-0.2, 0) is 9.16 Å². The monoisotopic (exact) mass is 726 g/mol. The minimum atomic E-state index is -2.66. The first-order valence-corrected chi connectivity index (χ1v) is 21.1. The van der Waals surface area contributed by atoms with Crippen molar-refractivity contribution < 1.29 is 28.5 Å². The zero-order valence-corrected chi connectivity index (χ0v) is 34.1. The Kier molecular flexibility index (Phi) is 12.5. The van der Waals surface area contributed by atoms with Gasteiger partial charge in [-0.2, -0.15) is 0 Å². The molecule has 1 aliphatic rings. The van der Waals surface area contributed by atoms with Gasteiger partial charge in [0.05, 0.1) is 25.4 Å². The Morgan fingerprint density at radius 2 is 1.56 bits per heavy atom. The van der Waals surface area contributed by atoms with Crippen LogP contribution in [0, 0.1) is 30.6 Å². The van der Waals surface area contributed by atoms with E-state index < -0.39 is 20.5 Å². The van der Waals surface area contributed by atoms with Crippen molar-refractivity contribution in [3.63, 3.8) is 0 Å². The first kappa shape index (κ1) is 39.8. The maximum absolute atomic E-state index is 11.8. The topological polar surface area (TPSA) is 81.3 Å². The predicted molar refractivity (Wildman–Crippen MR) is 215 cm³/mol. The standard InChI is InChI=1S/C45H62O6Si/c1-12-28(2)23-24-37-31(5)40(46)32(6)43(50-37)39-36-26-38(51-42(36)33(7)44(48-11)41(39)47)30(4)25-29(3)27-49-52(45(8,9)10,34-19-15-13-16-20-34)35-21-17-14-18-22-35/h12-22,26,28-32,37,40,43,46-47H,1,23-25,27H2,2-11H3/t28-,29+,30+,31+,32-,37-,40+,43-/m1/s1. The van der Waals surface area contributed by atoms with Gasteiger partial charge in [0.1, 0.15) is 11.3 Å². The van der Waals surface area contributed by atoms with Crippen LogP contribution in [0.5, 0.6) is 11.5 Å². The number of allylic oxidation sites excluding steroid dienone is 1. The van der Waals surface area contributed by atoms with Crippen LogP contribution in [0.4, 0.5) is 0 Å². The van der Waals surface area contributed by atoms with E-state index in [-0.39, 0.29) is 40.6 Å². The van der Waals surface area contributed by atoms with Gasteiger partial charge < -0.3 is 28.5 Å². The second kappa shape index (κ2) is 16.3. The van der Waals surface area contributed by atoms with E-state index in [1.54, 1.807) is 7.11 Å². The first-order chi connectivity index (χ1) is 24.7. The average molecular weight is 727 g/mol. The number of hydrogen-bond acceptors (Lipinski definition) is 6. The summed E-state index contributed by atoms with van der Waals surface area (Å²) in [7, 11) is -1.09. The summed E-state index contributed by atoms with van der Waals surface area (Å²) >= 11 is 0. The van der Waals surface area contributed by atoms with Crippen molar-refractivity contribution in [2.45, 2.75) is 111 Å². The highest BCUT2D eigenvalue weighted by Crippen LogP contribution is 2.51. The number of aryl methyl sites for hydroxylation is 1. The Labute approximate surface area is 313 Å². The minimum Gasteiger partial charge on any atom is -0.504 e. The summed E-state index contributed by atoms with van der Waals surface area (Å²) in [4.78, 5) is 0. The van der Waals surface area contributed by atoms with Crippen molar-refractivity contribution in [1.82, 2.24) is 0 Å². The van der Waals surface area contributed by atoms with Crippen molar-refractivity contribution in [3.05, 3.63) is 96.3 Å². The summed E-state index contributed by atoms with van der Waals surface area (Å²) in [5.41, 5.74) is 2.06. The third-order valence-electron chi connectivity index (χ3n) is 11.7. The molecule has 5 rings (SSSR count). The Hall–Kier alpha value is -3.36. The highest BCUT2D eigenvalue weighted by Gasteiger charge is 2.50. The normalized spacial score (nSPS) is 22.9. The number of furan rings is 1. The second-order valence-corrected chi connectivity index (χ2v) is 20.9. The number of aliphatic hydroxyl groups excluding tert-OH is 1. The maximum Gasteiger partial charge on any atom is 0.261 e. The minimum absolute atomic E-state index is 0.0410. The molecule has 1 saturated heterocycles. The van der Waals surface area contributed by atoms with E-state index in [9.17, 15) is 10.2 Å². The fourth-order valence-corrected chi connectivity index (χ4v) is 13.2. The number of aliphatic hydroxyl groups is 1. The Balaban J connectivity index is 1.45. The lowest BCUT2D eigenvalue weighted by Crippen LogP contribution is -2.66. The average Bonchev–Trinajstić information content (AvgIpc) is 3.57. The van der Waals surface area contributed by atoms with Crippen LogP contribution in [0.3, 0.4) is 0 Å². The third kappa shape index (κ3) is 7.66. The molecule has 0 aliphatic carbocycles. The summed E-state index contributed by atoms with van der Waals surface area (Å²) in [6, 6.07) is 23.6. The number of hydrogen-bond donors (Lipinski definition) is 2. The molecule has 0 spiro atoms. The molecule has 2 heterocycles. The molecule has 0 radical (unpaired) electrons. The van der Waals surface area contributed by atoms with E-state index in [1.807, 2.05) is 19.9 Å². The number of phenols is 1. The van der Waals surface area contributed by atoms with Gasteiger partial charge in [0.2, 0.25) is 0 Å². The number of methoxy groups -OCH3 is 1. The van der Waals surface area contributed by atoms with Gasteiger partial charge in [-0.25, -0.2) is 0 Å². The van der Waals surface area contributed by atoms with Gasteiger partial charge in [-0.15, -0.1) is 6.58 Å². The molecule has 0 unspecified atom stereocenters. The zero-order valence-electron chi connectivity index (χ0n) is 33.1. The fraction of sp³-hybridized carbons (Fsp3) is 0.511. The fourth-order valence-electron chi connectivity index (χ4n) is 8.54. The van der Waals surface area contributed by atoms with Crippen molar-refractivity contribution >= 4 is 29.7 Å². The van der Waals surface area contributed by atoms with Crippen LogP contribution >= 0.6 is 0 Å². The molecule has 8 atom stereocenters. The van der Waals surface area contributed by atoms with Crippen molar-refractivity contribution in [3.8, 4) is 11.5 Å². The smallest absolute Gasteiger partial charge is 0.261 e. The van der Waals surface area contributed by atoms with E-state index in [1.165, 1.54) is 10.4 Å². The van der Waals surface area contributed by atoms with Gasteiger partial charge in [-0.05, 0) is 59.5 Å². The van der Waals surface area contributed by atoms with Crippen LogP contribution in [0.2, 0.25) is 5.04 Å². The van der Waals surface area contributed by atoms with Gasteiger partial charge in [0.15, 0.2) is 11.5 Å². The quantitative estimate of drug-likeness (QED) is 0.0995. The summed E-state index contributed by atoms with van der Waals surface area (Å²) in [5.74, 6) is 1.65. The molecule has 52 heavy (non-hydrogen) atoms. The van der Waals surface area contributed by atoms with Crippen molar-refractivity contribution in [1.29, 1.82) is 0 Å². The summed E-state index contributed by atoms with van der Waals surface area (Å²) < 4.78 is 26.6. The molecule has 3 aromatic carbocycles. The number of fused-ring (bicyclic) bond motifs is 1. The maximum atomic E-state index is 11.8. The summed E-state index contributed by atoms with van der Waals surface area (Å²) in [6.45, 7) is 24.1. The largest absolute Gasteiger partial charge is 0.504 e. The van der Waals surface area contributed by atoms with E-state index in [0.717, 1.165) is 36.0 Å². The van der Waals surface area contributed by atoms with Gasteiger partial charge >= 0.3 is 0 Å². The van der Waals surface area contributed by atoms with Gasteiger partial charge in [-0.1, -0.05) is 122 Å². The molecule has 4 aromatic rings. The Bertz CT molecular complexity index is 1740. The molecule has 1 aliphatic heterocycles. The first-order valence-electron chi connectivity index (χ1n) is 19.2. The highest BCUT2D eigenvalue weighted by molar-refractivity contribution is 6.99. The lowest BCUT2D eigenvalue weighted by Gasteiger charge is -2.43. The van der Waals surface area contributed by atoms with Crippen molar-refractivity contribution in [2.75, 3.05) is 13.7 Å². The van der Waals surface area contributed by atoms with E-state index in [0.29, 0.717) is 29.4 Å². The number of benzene rings is 3. The van der Waals surface area contributed by atoms with E-state index >= 15 is 0 Å². The number of aromatic hydroxyl groups is 1. The SMILES string of the molecule is C=C[C@@H](C)CC[C@H]1O[C@@H](c2c(O)c(OC)c(C)c3oc([C@@H](C)C[C@H](C)CO[Si](c4ccccc4)(c4ccccc4)C(C)(C)C)cc23)[C@H](C)[C@@H](O)[C@H]1C. The molecule has 7 heteroatoms. The van der Waals surface area contributed by atoms with Crippen molar-refractivity contribution in [2.24, 2.45) is 23.7 Å². The predicted octanol–water partition coefficient (Wildman–Crippen LogP) is 9.84. The van der Waals surface area contributed by atoms with Crippen LogP contribution in [0.1, 0.15) is 104 Å². The molecule has 2 N–H and O–H groups in total. The molecule has 0 amide bonds. The lowest BCUT2D eigenvalue weighted by atomic mass is 9.78. The molecule has 0 bridgehead atoms. The van der Waals surface area contributed by atoms with Gasteiger partial charge in [-0.3, -0.25) is 0 Å². The summed E-state index contributed by atoms with van der Waals surface area (Å²) in [5, 5.41) is 26.5. The molecule has 282 valence electrons. The van der Waals surface area contributed by atoms with E-state index in [4.69, 9.17) is 18.3 Å². The van der Waals surface area contributed by atoms with Crippen LogP contribution in [0.25, 0.3) is 11.0 Å². The van der Waals surface area contributed by atoms with E-state index in [2.05, 4.69) is 122 Å². The molecule has 0 saturated carbocycles. The molecule has 1 fully saturated rings. The number of rotatable bonds is 14. The molecular weight excluding hydrogens is 665 g/mol.